The highest BCUT2D eigenvalue weighted by Gasteiger charge is 2.28. The first-order valence-electron chi connectivity index (χ1n) is 6.08. The Balaban J connectivity index is 1.92. The molecule has 0 heterocycles. The molecule has 0 aliphatic rings. The van der Waals surface area contributed by atoms with E-state index in [1.54, 1.807) is 12.1 Å². The second kappa shape index (κ2) is 6.22. The van der Waals surface area contributed by atoms with Crippen LogP contribution in [0.4, 0.5) is 18.9 Å². The average Bonchev–Trinajstić information content (AvgIpc) is 2.38. The van der Waals surface area contributed by atoms with Crippen LogP contribution in [0.3, 0.4) is 0 Å². The van der Waals surface area contributed by atoms with Crippen LogP contribution in [-0.2, 0) is 6.54 Å². The number of aryl methyl sites for hydroxylation is 1. The van der Waals surface area contributed by atoms with E-state index in [-0.39, 0.29) is 16.7 Å². The van der Waals surface area contributed by atoms with E-state index in [2.05, 4.69) is 5.32 Å². The molecule has 0 saturated heterocycles. The maximum absolute atomic E-state index is 12.2. The molecule has 0 unspecified atom stereocenters. The van der Waals surface area contributed by atoms with Gasteiger partial charge in [0.2, 0.25) is 0 Å². The molecule has 2 aromatic carbocycles. The van der Waals surface area contributed by atoms with Crippen LogP contribution in [0.1, 0.15) is 11.1 Å². The molecular formula is C15H14F3NS. The van der Waals surface area contributed by atoms with Crippen LogP contribution in [0.5, 0.6) is 0 Å². The maximum atomic E-state index is 12.2. The SMILES string of the molecule is Cc1ccc(NCc2ccc(SC(F)(F)F)cc2)cc1. The Morgan fingerprint density at radius 1 is 0.950 bits per heavy atom. The van der Waals surface area contributed by atoms with Gasteiger partial charge in [0.05, 0.1) is 0 Å². The number of thioether (sulfide) groups is 1. The standard InChI is InChI=1S/C15H14F3NS/c1-11-2-6-13(7-3-11)19-10-12-4-8-14(9-5-12)20-15(16,17)18/h2-9,19H,10H2,1H3. The molecule has 0 aliphatic heterocycles. The molecule has 0 radical (unpaired) electrons. The zero-order valence-electron chi connectivity index (χ0n) is 10.9. The predicted octanol–water partition coefficient (Wildman–Crippen LogP) is 5.22. The Kier molecular flexibility index (Phi) is 4.60. The number of anilines is 1. The zero-order chi connectivity index (χ0) is 14.6. The van der Waals surface area contributed by atoms with E-state index in [0.717, 1.165) is 11.3 Å². The molecule has 0 aliphatic carbocycles. The summed E-state index contributed by atoms with van der Waals surface area (Å²) in [6.45, 7) is 2.60. The summed E-state index contributed by atoms with van der Waals surface area (Å²) in [7, 11) is 0. The van der Waals surface area contributed by atoms with Gasteiger partial charge in [0, 0.05) is 17.1 Å². The molecule has 0 atom stereocenters. The highest BCUT2D eigenvalue weighted by atomic mass is 32.2. The van der Waals surface area contributed by atoms with Crippen LogP contribution in [-0.4, -0.2) is 5.51 Å². The smallest absolute Gasteiger partial charge is 0.381 e. The third kappa shape index (κ3) is 4.81. The lowest BCUT2D eigenvalue weighted by molar-refractivity contribution is -0.0328. The van der Waals surface area contributed by atoms with Crippen LogP contribution >= 0.6 is 11.8 Å². The molecule has 2 rings (SSSR count). The lowest BCUT2D eigenvalue weighted by atomic mass is 10.2. The lowest BCUT2D eigenvalue weighted by Gasteiger charge is -2.08. The van der Waals surface area contributed by atoms with E-state index in [4.69, 9.17) is 0 Å². The van der Waals surface area contributed by atoms with Crippen molar-refractivity contribution in [2.24, 2.45) is 0 Å². The minimum Gasteiger partial charge on any atom is -0.381 e. The fourth-order valence-electron chi connectivity index (χ4n) is 1.68. The van der Waals surface area contributed by atoms with Crippen molar-refractivity contribution >= 4 is 17.4 Å². The van der Waals surface area contributed by atoms with Gasteiger partial charge in [-0.2, -0.15) is 13.2 Å². The maximum Gasteiger partial charge on any atom is 0.446 e. The van der Waals surface area contributed by atoms with Crippen LogP contribution in [0.2, 0.25) is 0 Å². The van der Waals surface area contributed by atoms with Crippen LogP contribution < -0.4 is 5.32 Å². The van der Waals surface area contributed by atoms with Crippen molar-refractivity contribution in [2.75, 3.05) is 5.32 Å². The number of alkyl halides is 3. The van der Waals surface area contributed by atoms with E-state index in [0.29, 0.717) is 6.54 Å². The quantitative estimate of drug-likeness (QED) is 0.777. The number of halogens is 3. The summed E-state index contributed by atoms with van der Waals surface area (Å²) in [5, 5.41) is 3.23. The lowest BCUT2D eigenvalue weighted by Crippen LogP contribution is -2.00. The zero-order valence-corrected chi connectivity index (χ0v) is 11.7. The first-order chi connectivity index (χ1) is 9.42. The van der Waals surface area contributed by atoms with E-state index >= 15 is 0 Å². The minimum absolute atomic E-state index is 0.0949. The first kappa shape index (κ1) is 14.8. The van der Waals surface area contributed by atoms with Crippen molar-refractivity contribution in [2.45, 2.75) is 23.9 Å². The Hall–Kier alpha value is -1.62. The summed E-state index contributed by atoms with van der Waals surface area (Å²) in [5.74, 6) is 0. The van der Waals surface area contributed by atoms with Crippen molar-refractivity contribution in [3.63, 3.8) is 0 Å². The summed E-state index contributed by atoms with van der Waals surface area (Å²) >= 11 is -0.0949. The monoisotopic (exact) mass is 297 g/mol. The second-order valence-electron chi connectivity index (χ2n) is 4.41. The van der Waals surface area contributed by atoms with Gasteiger partial charge >= 0.3 is 5.51 Å². The van der Waals surface area contributed by atoms with Crippen molar-refractivity contribution in [3.05, 3.63) is 59.7 Å². The van der Waals surface area contributed by atoms with Gasteiger partial charge in [0.1, 0.15) is 0 Å². The molecule has 5 heteroatoms. The van der Waals surface area contributed by atoms with Gasteiger partial charge in [-0.25, -0.2) is 0 Å². The van der Waals surface area contributed by atoms with E-state index in [1.807, 2.05) is 31.2 Å². The van der Waals surface area contributed by atoms with Crippen molar-refractivity contribution in [1.29, 1.82) is 0 Å². The molecule has 0 bridgehead atoms. The Morgan fingerprint density at radius 3 is 2.10 bits per heavy atom. The predicted molar refractivity (Wildman–Crippen MR) is 76.9 cm³/mol. The van der Waals surface area contributed by atoms with E-state index in [1.165, 1.54) is 17.7 Å². The summed E-state index contributed by atoms with van der Waals surface area (Å²) in [5.41, 5.74) is -1.12. The average molecular weight is 297 g/mol. The molecule has 1 nitrogen and oxygen atoms in total. The third-order valence-electron chi connectivity index (χ3n) is 2.71. The molecule has 20 heavy (non-hydrogen) atoms. The van der Waals surface area contributed by atoms with Crippen molar-refractivity contribution in [3.8, 4) is 0 Å². The fraction of sp³-hybridized carbons (Fsp3) is 0.200. The first-order valence-corrected chi connectivity index (χ1v) is 6.89. The van der Waals surface area contributed by atoms with Crippen LogP contribution in [0, 0.1) is 6.92 Å². The summed E-state index contributed by atoms with van der Waals surface area (Å²) in [4.78, 5) is 0.205. The minimum atomic E-state index is -4.23. The van der Waals surface area contributed by atoms with Crippen LogP contribution in [0.15, 0.2) is 53.4 Å². The number of hydrogen-bond acceptors (Lipinski definition) is 2. The topological polar surface area (TPSA) is 12.0 Å². The molecule has 0 fully saturated rings. The molecule has 106 valence electrons. The number of benzene rings is 2. The number of nitrogens with one attached hydrogen (secondary N) is 1. The van der Waals surface area contributed by atoms with E-state index < -0.39 is 5.51 Å². The van der Waals surface area contributed by atoms with Gasteiger partial charge in [-0.15, -0.1) is 0 Å². The summed E-state index contributed by atoms with van der Waals surface area (Å²) in [6, 6.07) is 14.3. The van der Waals surface area contributed by atoms with Crippen LogP contribution in [0.25, 0.3) is 0 Å². The Labute approximate surface area is 120 Å². The highest BCUT2D eigenvalue weighted by molar-refractivity contribution is 8.00. The summed E-state index contributed by atoms with van der Waals surface area (Å²) < 4.78 is 36.6. The molecular weight excluding hydrogens is 283 g/mol. The van der Waals surface area contributed by atoms with Gasteiger partial charge in [-0.3, -0.25) is 0 Å². The molecule has 0 spiro atoms. The van der Waals surface area contributed by atoms with Gasteiger partial charge < -0.3 is 5.32 Å². The van der Waals surface area contributed by atoms with Gasteiger partial charge in [0.25, 0.3) is 0 Å². The van der Waals surface area contributed by atoms with Gasteiger partial charge in [-0.1, -0.05) is 29.8 Å². The fourth-order valence-corrected chi connectivity index (χ4v) is 2.22. The Morgan fingerprint density at radius 2 is 1.55 bits per heavy atom. The molecule has 0 saturated carbocycles. The molecule has 0 amide bonds. The van der Waals surface area contributed by atoms with Crippen molar-refractivity contribution in [1.82, 2.24) is 0 Å². The van der Waals surface area contributed by atoms with Gasteiger partial charge in [-0.05, 0) is 48.5 Å². The number of rotatable bonds is 4. The summed E-state index contributed by atoms with van der Waals surface area (Å²) in [6.07, 6.45) is 0. The number of hydrogen-bond donors (Lipinski definition) is 1. The Bertz CT molecular complexity index is 547. The molecule has 2 aromatic rings. The second-order valence-corrected chi connectivity index (χ2v) is 5.55. The van der Waals surface area contributed by atoms with E-state index in [9.17, 15) is 13.2 Å². The molecule has 0 aromatic heterocycles. The largest absolute Gasteiger partial charge is 0.446 e. The van der Waals surface area contributed by atoms with Crippen molar-refractivity contribution < 1.29 is 13.2 Å². The molecule has 1 N–H and O–H groups in total. The van der Waals surface area contributed by atoms with Gasteiger partial charge in [0.15, 0.2) is 0 Å². The highest BCUT2D eigenvalue weighted by Crippen LogP contribution is 2.36. The normalized spacial score (nSPS) is 11.4. The third-order valence-corrected chi connectivity index (χ3v) is 3.44.